The van der Waals surface area contributed by atoms with Crippen molar-refractivity contribution in [2.45, 2.75) is 6.42 Å². The number of nitrogens with two attached hydrogens (primary N) is 1. The summed E-state index contributed by atoms with van der Waals surface area (Å²) in [5.74, 6) is -0.329. The second-order valence-electron chi connectivity index (χ2n) is 4.91. The van der Waals surface area contributed by atoms with Crippen molar-refractivity contribution in [3.8, 4) is 0 Å². The lowest BCUT2D eigenvalue weighted by molar-refractivity contribution is 0.628. The minimum Gasteiger partial charge on any atom is -0.397 e. The molecule has 21 heavy (non-hydrogen) atoms. The molecule has 0 aliphatic carbocycles. The Balaban J connectivity index is 1.70. The normalized spacial score (nSPS) is 11.0. The quantitative estimate of drug-likeness (QED) is 0.633. The SMILES string of the molecule is Nc1cc(F)ccc1NCCc1c[nH]c2ccc(Cl)cc12. The maximum Gasteiger partial charge on any atom is 0.125 e. The summed E-state index contributed by atoms with van der Waals surface area (Å²) in [5, 5.41) is 5.06. The van der Waals surface area contributed by atoms with E-state index in [0.717, 1.165) is 28.0 Å². The minimum absolute atomic E-state index is 0.329. The van der Waals surface area contributed by atoms with Crippen molar-refractivity contribution in [3.63, 3.8) is 0 Å². The second kappa shape index (κ2) is 5.66. The molecule has 5 heteroatoms. The molecule has 1 aromatic heterocycles. The fraction of sp³-hybridized carbons (Fsp3) is 0.125. The molecule has 0 amide bonds. The third-order valence-corrected chi connectivity index (χ3v) is 3.69. The number of nitrogens with one attached hydrogen (secondary N) is 2. The van der Waals surface area contributed by atoms with Crippen molar-refractivity contribution < 1.29 is 4.39 Å². The number of anilines is 2. The van der Waals surface area contributed by atoms with Crippen molar-refractivity contribution in [1.29, 1.82) is 0 Å². The van der Waals surface area contributed by atoms with Gasteiger partial charge in [-0.05, 0) is 48.4 Å². The van der Waals surface area contributed by atoms with Gasteiger partial charge in [-0.1, -0.05) is 11.6 Å². The molecule has 4 N–H and O–H groups in total. The number of hydrogen-bond acceptors (Lipinski definition) is 2. The predicted octanol–water partition coefficient (Wildman–Crippen LogP) is 4.20. The van der Waals surface area contributed by atoms with Crippen molar-refractivity contribution in [2.24, 2.45) is 0 Å². The zero-order valence-electron chi connectivity index (χ0n) is 11.3. The maximum absolute atomic E-state index is 13.0. The van der Waals surface area contributed by atoms with Crippen LogP contribution in [0.25, 0.3) is 10.9 Å². The highest BCUT2D eigenvalue weighted by Gasteiger charge is 2.05. The number of H-pyrrole nitrogens is 1. The van der Waals surface area contributed by atoms with Gasteiger partial charge in [0.25, 0.3) is 0 Å². The van der Waals surface area contributed by atoms with E-state index in [9.17, 15) is 4.39 Å². The average molecular weight is 304 g/mol. The Morgan fingerprint density at radius 1 is 1.19 bits per heavy atom. The van der Waals surface area contributed by atoms with Crippen LogP contribution in [0.5, 0.6) is 0 Å². The van der Waals surface area contributed by atoms with E-state index in [0.29, 0.717) is 12.2 Å². The van der Waals surface area contributed by atoms with E-state index in [1.54, 1.807) is 6.07 Å². The van der Waals surface area contributed by atoms with Crippen molar-refractivity contribution >= 4 is 33.9 Å². The van der Waals surface area contributed by atoms with Gasteiger partial charge in [-0.2, -0.15) is 0 Å². The Kier molecular flexibility index (Phi) is 3.71. The molecule has 3 aromatic rings. The Bertz CT molecular complexity index is 782. The Hall–Kier alpha value is -2.20. The molecule has 1 heterocycles. The van der Waals surface area contributed by atoms with Crippen LogP contribution in [0.3, 0.4) is 0 Å². The first-order valence-electron chi connectivity index (χ1n) is 6.68. The van der Waals surface area contributed by atoms with Crippen molar-refractivity contribution in [1.82, 2.24) is 4.98 Å². The lowest BCUT2D eigenvalue weighted by Crippen LogP contribution is -2.06. The topological polar surface area (TPSA) is 53.8 Å². The standard InChI is InChI=1S/C16H15ClFN3/c17-11-1-3-15-13(7-11)10(9-21-15)5-6-20-16-4-2-12(18)8-14(16)19/h1-4,7-9,20-21H,5-6,19H2. The van der Waals surface area contributed by atoms with Gasteiger partial charge in [0.2, 0.25) is 0 Å². The van der Waals surface area contributed by atoms with Gasteiger partial charge < -0.3 is 16.0 Å². The molecule has 0 radical (unpaired) electrons. The number of nitrogen functional groups attached to an aromatic ring is 1. The van der Waals surface area contributed by atoms with Gasteiger partial charge in [-0.3, -0.25) is 0 Å². The van der Waals surface area contributed by atoms with Crippen LogP contribution in [0.2, 0.25) is 5.02 Å². The summed E-state index contributed by atoms with van der Waals surface area (Å²) < 4.78 is 13.0. The molecular formula is C16H15ClFN3. The van der Waals surface area contributed by atoms with Gasteiger partial charge in [-0.25, -0.2) is 4.39 Å². The number of hydrogen-bond donors (Lipinski definition) is 3. The van der Waals surface area contributed by atoms with Gasteiger partial charge in [-0.15, -0.1) is 0 Å². The molecule has 3 nitrogen and oxygen atoms in total. The van der Waals surface area contributed by atoms with Crippen LogP contribution in [-0.4, -0.2) is 11.5 Å². The van der Waals surface area contributed by atoms with Crippen LogP contribution < -0.4 is 11.1 Å². The molecule has 2 aromatic carbocycles. The van der Waals surface area contributed by atoms with Crippen LogP contribution in [-0.2, 0) is 6.42 Å². The van der Waals surface area contributed by atoms with E-state index >= 15 is 0 Å². The highest BCUT2D eigenvalue weighted by atomic mass is 35.5. The molecule has 0 saturated carbocycles. The Morgan fingerprint density at radius 2 is 2.05 bits per heavy atom. The monoisotopic (exact) mass is 303 g/mol. The van der Waals surface area contributed by atoms with E-state index < -0.39 is 0 Å². The van der Waals surface area contributed by atoms with Gasteiger partial charge in [0.15, 0.2) is 0 Å². The third-order valence-electron chi connectivity index (χ3n) is 3.45. The number of aromatic nitrogens is 1. The Labute approximate surface area is 126 Å². The minimum atomic E-state index is -0.329. The zero-order chi connectivity index (χ0) is 14.8. The first-order valence-corrected chi connectivity index (χ1v) is 7.06. The third kappa shape index (κ3) is 2.95. The molecule has 3 rings (SSSR count). The Morgan fingerprint density at radius 3 is 2.86 bits per heavy atom. The fourth-order valence-corrected chi connectivity index (χ4v) is 2.56. The van der Waals surface area contributed by atoms with Gasteiger partial charge >= 0.3 is 0 Å². The highest BCUT2D eigenvalue weighted by Crippen LogP contribution is 2.23. The lowest BCUT2D eigenvalue weighted by Gasteiger charge is -2.09. The molecule has 0 bridgehead atoms. The number of fused-ring (bicyclic) bond motifs is 1. The van der Waals surface area contributed by atoms with Crippen LogP contribution in [0.4, 0.5) is 15.8 Å². The van der Waals surface area contributed by atoms with E-state index in [-0.39, 0.29) is 5.82 Å². The van der Waals surface area contributed by atoms with Gasteiger partial charge in [0.1, 0.15) is 5.82 Å². The first kappa shape index (κ1) is 13.8. The zero-order valence-corrected chi connectivity index (χ0v) is 12.0. The molecule has 0 atom stereocenters. The average Bonchev–Trinajstić information content (AvgIpc) is 2.84. The lowest BCUT2D eigenvalue weighted by atomic mass is 10.1. The molecule has 0 unspecified atom stereocenters. The van der Waals surface area contributed by atoms with E-state index in [4.69, 9.17) is 17.3 Å². The molecule has 0 spiro atoms. The fourth-order valence-electron chi connectivity index (χ4n) is 2.38. The number of benzene rings is 2. The van der Waals surface area contributed by atoms with Gasteiger partial charge in [0.05, 0.1) is 11.4 Å². The van der Waals surface area contributed by atoms with Crippen molar-refractivity contribution in [3.05, 3.63) is 59.0 Å². The summed E-state index contributed by atoms with van der Waals surface area (Å²) >= 11 is 6.03. The summed E-state index contributed by atoms with van der Waals surface area (Å²) in [6.07, 6.45) is 2.80. The number of aromatic amines is 1. The van der Waals surface area contributed by atoms with E-state index in [1.807, 2.05) is 24.4 Å². The summed E-state index contributed by atoms with van der Waals surface area (Å²) in [6, 6.07) is 10.1. The van der Waals surface area contributed by atoms with Crippen molar-refractivity contribution in [2.75, 3.05) is 17.6 Å². The van der Waals surface area contributed by atoms with Crippen LogP contribution in [0, 0.1) is 5.82 Å². The number of halogens is 2. The van der Waals surface area contributed by atoms with Crippen LogP contribution in [0.15, 0.2) is 42.6 Å². The maximum atomic E-state index is 13.0. The molecule has 0 aliphatic rings. The molecule has 0 aliphatic heterocycles. The molecule has 0 fully saturated rings. The largest absolute Gasteiger partial charge is 0.397 e. The van der Waals surface area contributed by atoms with E-state index in [2.05, 4.69) is 10.3 Å². The summed E-state index contributed by atoms with van der Waals surface area (Å²) in [5.41, 5.74) is 9.17. The van der Waals surface area contributed by atoms with Crippen LogP contribution in [0.1, 0.15) is 5.56 Å². The van der Waals surface area contributed by atoms with E-state index in [1.165, 1.54) is 17.7 Å². The summed E-state index contributed by atoms with van der Waals surface area (Å²) in [7, 11) is 0. The molecule has 0 saturated heterocycles. The number of rotatable bonds is 4. The second-order valence-corrected chi connectivity index (χ2v) is 5.35. The highest BCUT2D eigenvalue weighted by molar-refractivity contribution is 6.31. The molecule has 108 valence electrons. The first-order chi connectivity index (χ1) is 10.1. The predicted molar refractivity (Wildman–Crippen MR) is 86.3 cm³/mol. The van der Waals surface area contributed by atoms with Crippen LogP contribution >= 0.6 is 11.6 Å². The smallest absolute Gasteiger partial charge is 0.125 e. The summed E-state index contributed by atoms with van der Waals surface area (Å²) in [6.45, 7) is 0.704. The van der Waals surface area contributed by atoms with Gasteiger partial charge in [0, 0.05) is 28.7 Å². The summed E-state index contributed by atoms with van der Waals surface area (Å²) in [4.78, 5) is 3.22. The molecular weight excluding hydrogens is 289 g/mol.